The Hall–Kier alpha value is -1.49. The number of hydrogen-bond acceptors (Lipinski definition) is 4. The number of methoxy groups -OCH3 is 1. The molecule has 1 aromatic carbocycles. The van der Waals surface area contributed by atoms with E-state index in [2.05, 4.69) is 4.74 Å². The molecule has 0 unspecified atom stereocenters. The van der Waals surface area contributed by atoms with Crippen LogP contribution in [0.2, 0.25) is 0 Å². The number of esters is 1. The Morgan fingerprint density at radius 1 is 1.44 bits per heavy atom. The van der Waals surface area contributed by atoms with Gasteiger partial charge in [0.25, 0.3) is 0 Å². The molecule has 0 amide bonds. The lowest BCUT2D eigenvalue weighted by atomic mass is 10.1. The number of aromatic carboxylic acids is 1. The van der Waals surface area contributed by atoms with Crippen LogP contribution in [-0.4, -0.2) is 29.9 Å². The molecule has 1 aromatic rings. The summed E-state index contributed by atoms with van der Waals surface area (Å²) in [4.78, 5) is 22.5. The molecule has 5 heteroatoms. The summed E-state index contributed by atoms with van der Waals surface area (Å²) in [6, 6.07) is 4.83. The van der Waals surface area contributed by atoms with E-state index in [0.29, 0.717) is 0 Å². The summed E-state index contributed by atoms with van der Waals surface area (Å²) < 4.78 is 4.51. The van der Waals surface area contributed by atoms with Gasteiger partial charge in [0, 0.05) is 4.90 Å². The Morgan fingerprint density at radius 2 is 2.12 bits per heavy atom. The van der Waals surface area contributed by atoms with Crippen molar-refractivity contribution >= 4 is 23.7 Å². The zero-order valence-electron chi connectivity index (χ0n) is 9.02. The highest BCUT2D eigenvalue weighted by molar-refractivity contribution is 8.00. The number of benzene rings is 1. The van der Waals surface area contributed by atoms with Crippen molar-refractivity contribution in [1.82, 2.24) is 0 Å². The van der Waals surface area contributed by atoms with E-state index in [4.69, 9.17) is 5.11 Å². The Labute approximate surface area is 97.6 Å². The molecular formula is C11H12O4S. The number of rotatable bonds is 4. The molecular weight excluding hydrogens is 228 g/mol. The van der Waals surface area contributed by atoms with Crippen LogP contribution in [0.3, 0.4) is 0 Å². The predicted octanol–water partition coefficient (Wildman–Crippen LogP) is 1.96. The number of thioether (sulfide) groups is 1. The molecule has 0 heterocycles. The first-order chi connectivity index (χ1) is 7.54. The molecule has 0 bridgehead atoms. The quantitative estimate of drug-likeness (QED) is 0.643. The summed E-state index contributed by atoms with van der Waals surface area (Å²) in [5.41, 5.74) is 1.16. The number of hydrogen-bond donors (Lipinski definition) is 1. The summed E-state index contributed by atoms with van der Waals surface area (Å²) in [6.07, 6.45) is 0. The second kappa shape index (κ2) is 5.55. The van der Waals surface area contributed by atoms with Gasteiger partial charge in [-0.3, -0.25) is 4.79 Å². The molecule has 0 spiro atoms. The standard InChI is InChI=1S/C11H12O4S/c1-7-3-4-8(11(13)14)5-9(7)16-6-10(12)15-2/h3-5H,6H2,1-2H3,(H,13,14). The van der Waals surface area contributed by atoms with Crippen LogP contribution in [0.15, 0.2) is 23.1 Å². The largest absolute Gasteiger partial charge is 0.478 e. The van der Waals surface area contributed by atoms with Crippen molar-refractivity contribution in [2.75, 3.05) is 12.9 Å². The van der Waals surface area contributed by atoms with Crippen molar-refractivity contribution in [3.05, 3.63) is 29.3 Å². The minimum absolute atomic E-state index is 0.181. The SMILES string of the molecule is COC(=O)CSc1cc(C(=O)O)ccc1C. The molecule has 0 aliphatic rings. The molecule has 0 aromatic heterocycles. The second-order valence-corrected chi connectivity index (χ2v) is 4.17. The monoisotopic (exact) mass is 240 g/mol. The van der Waals surface area contributed by atoms with E-state index in [-0.39, 0.29) is 17.3 Å². The van der Waals surface area contributed by atoms with Gasteiger partial charge in [-0.25, -0.2) is 4.79 Å². The van der Waals surface area contributed by atoms with Crippen LogP contribution >= 0.6 is 11.8 Å². The third-order valence-corrected chi connectivity index (χ3v) is 3.14. The highest BCUT2D eigenvalue weighted by Gasteiger charge is 2.08. The molecule has 1 N–H and O–H groups in total. The molecule has 0 saturated carbocycles. The highest BCUT2D eigenvalue weighted by Crippen LogP contribution is 2.23. The summed E-state index contributed by atoms with van der Waals surface area (Å²) in [5, 5.41) is 8.82. The van der Waals surface area contributed by atoms with Gasteiger partial charge in [-0.15, -0.1) is 11.8 Å². The fraction of sp³-hybridized carbons (Fsp3) is 0.273. The first kappa shape index (κ1) is 12.6. The Balaban J connectivity index is 2.82. The zero-order chi connectivity index (χ0) is 12.1. The van der Waals surface area contributed by atoms with Crippen molar-refractivity contribution < 1.29 is 19.4 Å². The first-order valence-electron chi connectivity index (χ1n) is 4.58. The van der Waals surface area contributed by atoms with Crippen LogP contribution in [0.1, 0.15) is 15.9 Å². The van der Waals surface area contributed by atoms with Gasteiger partial charge in [0.05, 0.1) is 18.4 Å². The van der Waals surface area contributed by atoms with Gasteiger partial charge in [-0.1, -0.05) is 6.07 Å². The van der Waals surface area contributed by atoms with Crippen LogP contribution in [0.4, 0.5) is 0 Å². The lowest BCUT2D eigenvalue weighted by Gasteiger charge is -2.05. The number of ether oxygens (including phenoxy) is 1. The molecule has 0 aliphatic heterocycles. The van der Waals surface area contributed by atoms with E-state index in [9.17, 15) is 9.59 Å². The third kappa shape index (κ3) is 3.27. The van der Waals surface area contributed by atoms with E-state index in [1.807, 2.05) is 6.92 Å². The smallest absolute Gasteiger partial charge is 0.335 e. The molecule has 4 nitrogen and oxygen atoms in total. The normalized spacial score (nSPS) is 9.88. The van der Waals surface area contributed by atoms with Crippen LogP contribution in [0.25, 0.3) is 0 Å². The van der Waals surface area contributed by atoms with Gasteiger partial charge in [0.2, 0.25) is 0 Å². The van der Waals surface area contributed by atoms with Crippen molar-refractivity contribution in [3.8, 4) is 0 Å². The van der Waals surface area contributed by atoms with Crippen LogP contribution in [0.5, 0.6) is 0 Å². The molecule has 1 rings (SSSR count). The van der Waals surface area contributed by atoms with Gasteiger partial charge in [0.15, 0.2) is 0 Å². The van der Waals surface area contributed by atoms with Gasteiger partial charge < -0.3 is 9.84 Å². The van der Waals surface area contributed by atoms with Gasteiger partial charge >= 0.3 is 11.9 Å². The molecule has 86 valence electrons. The number of carbonyl (C=O) groups is 2. The van der Waals surface area contributed by atoms with Gasteiger partial charge in [-0.2, -0.15) is 0 Å². The molecule has 0 saturated heterocycles. The lowest BCUT2D eigenvalue weighted by molar-refractivity contribution is -0.137. The molecule has 16 heavy (non-hydrogen) atoms. The summed E-state index contributed by atoms with van der Waals surface area (Å²) >= 11 is 1.27. The summed E-state index contributed by atoms with van der Waals surface area (Å²) in [5.74, 6) is -1.12. The highest BCUT2D eigenvalue weighted by atomic mass is 32.2. The van der Waals surface area contributed by atoms with Crippen molar-refractivity contribution in [2.45, 2.75) is 11.8 Å². The van der Waals surface area contributed by atoms with Gasteiger partial charge in [0.1, 0.15) is 0 Å². The Bertz CT molecular complexity index is 414. The third-order valence-electron chi connectivity index (χ3n) is 2.01. The van der Waals surface area contributed by atoms with Crippen LogP contribution < -0.4 is 0 Å². The Kier molecular flexibility index (Phi) is 4.37. The fourth-order valence-electron chi connectivity index (χ4n) is 1.08. The van der Waals surface area contributed by atoms with Gasteiger partial charge in [-0.05, 0) is 24.6 Å². The van der Waals surface area contributed by atoms with E-state index < -0.39 is 5.97 Å². The summed E-state index contributed by atoms with van der Waals surface area (Å²) in [6.45, 7) is 1.87. The predicted molar refractivity (Wildman–Crippen MR) is 60.9 cm³/mol. The van der Waals surface area contributed by atoms with Crippen LogP contribution in [0, 0.1) is 6.92 Å². The molecule has 0 radical (unpaired) electrons. The van der Waals surface area contributed by atoms with E-state index >= 15 is 0 Å². The topological polar surface area (TPSA) is 63.6 Å². The number of carboxylic acid groups (broad SMARTS) is 1. The average Bonchev–Trinajstić information content (AvgIpc) is 2.27. The van der Waals surface area contributed by atoms with E-state index in [0.717, 1.165) is 10.5 Å². The number of carbonyl (C=O) groups excluding carboxylic acids is 1. The zero-order valence-corrected chi connectivity index (χ0v) is 9.84. The number of aryl methyl sites for hydroxylation is 1. The lowest BCUT2D eigenvalue weighted by Crippen LogP contribution is -2.03. The second-order valence-electron chi connectivity index (χ2n) is 3.15. The maximum atomic E-state index is 11.0. The number of carboxylic acids is 1. The molecule has 0 aliphatic carbocycles. The molecule has 0 atom stereocenters. The van der Waals surface area contributed by atoms with E-state index in [1.165, 1.54) is 18.9 Å². The van der Waals surface area contributed by atoms with Crippen molar-refractivity contribution in [3.63, 3.8) is 0 Å². The minimum Gasteiger partial charge on any atom is -0.478 e. The average molecular weight is 240 g/mol. The van der Waals surface area contributed by atoms with Crippen LogP contribution in [-0.2, 0) is 9.53 Å². The van der Waals surface area contributed by atoms with Crippen molar-refractivity contribution in [2.24, 2.45) is 0 Å². The molecule has 0 fully saturated rings. The minimum atomic E-state index is -0.972. The maximum absolute atomic E-state index is 11.0. The first-order valence-corrected chi connectivity index (χ1v) is 5.56. The fourth-order valence-corrected chi connectivity index (χ4v) is 1.98. The van der Waals surface area contributed by atoms with E-state index in [1.54, 1.807) is 18.2 Å². The van der Waals surface area contributed by atoms with Crippen molar-refractivity contribution in [1.29, 1.82) is 0 Å². The maximum Gasteiger partial charge on any atom is 0.335 e. The summed E-state index contributed by atoms with van der Waals surface area (Å²) in [7, 11) is 1.32. The Morgan fingerprint density at radius 3 is 2.69 bits per heavy atom.